The molecule has 0 N–H and O–H groups in total. The number of anilines is 1. The molecule has 0 aliphatic carbocycles. The fraction of sp³-hybridized carbons (Fsp3) is 0.500. The summed E-state index contributed by atoms with van der Waals surface area (Å²) in [5, 5.41) is 0.676. The molecule has 1 aliphatic rings. The molecule has 0 unspecified atom stereocenters. The Kier molecular flexibility index (Phi) is 7.21. The van der Waals surface area contributed by atoms with Crippen LogP contribution >= 0.6 is 11.3 Å². The van der Waals surface area contributed by atoms with Gasteiger partial charge in [-0.2, -0.15) is 0 Å². The van der Waals surface area contributed by atoms with Gasteiger partial charge in [0.2, 0.25) is 5.91 Å². The SMILES string of the molecule is Cc1ccc2sc(N(CCCN3CCOCC3)C(=O)Cn3cnc(C)c(C)c3=O)nc2c1C. The molecule has 0 bridgehead atoms. The average Bonchev–Trinajstić information content (AvgIpc) is 3.25. The van der Waals surface area contributed by atoms with Gasteiger partial charge in [0.1, 0.15) is 6.54 Å². The Morgan fingerprint density at radius 3 is 2.67 bits per heavy atom. The van der Waals surface area contributed by atoms with Crippen molar-refractivity contribution in [3.8, 4) is 0 Å². The van der Waals surface area contributed by atoms with Crippen LogP contribution in [-0.2, 0) is 16.1 Å². The molecule has 1 aliphatic heterocycles. The number of hydrogen-bond acceptors (Lipinski definition) is 7. The zero-order chi connectivity index (χ0) is 23.5. The Morgan fingerprint density at radius 2 is 1.91 bits per heavy atom. The molecule has 1 amide bonds. The van der Waals surface area contributed by atoms with E-state index in [1.54, 1.807) is 18.7 Å². The number of nitrogens with zero attached hydrogens (tertiary/aromatic N) is 5. The van der Waals surface area contributed by atoms with Gasteiger partial charge in [0.15, 0.2) is 5.13 Å². The molecule has 33 heavy (non-hydrogen) atoms. The summed E-state index contributed by atoms with van der Waals surface area (Å²) in [6, 6.07) is 4.15. The monoisotopic (exact) mass is 469 g/mol. The van der Waals surface area contributed by atoms with E-state index in [4.69, 9.17) is 9.72 Å². The lowest BCUT2D eigenvalue weighted by molar-refractivity contribution is -0.119. The number of ether oxygens (including phenoxy) is 1. The molecule has 3 heterocycles. The number of rotatable bonds is 7. The van der Waals surface area contributed by atoms with Gasteiger partial charge in [-0.1, -0.05) is 17.4 Å². The molecule has 2 aromatic heterocycles. The summed E-state index contributed by atoms with van der Waals surface area (Å²) in [6.45, 7) is 12.4. The maximum atomic E-state index is 13.4. The summed E-state index contributed by atoms with van der Waals surface area (Å²) in [4.78, 5) is 39.3. The first-order valence-electron chi connectivity index (χ1n) is 11.3. The minimum absolute atomic E-state index is 0.0571. The third-order valence-electron chi connectivity index (χ3n) is 6.39. The Labute approximate surface area is 197 Å². The van der Waals surface area contributed by atoms with Crippen molar-refractivity contribution in [3.63, 3.8) is 0 Å². The van der Waals surface area contributed by atoms with Gasteiger partial charge in [-0.05, 0) is 51.3 Å². The topological polar surface area (TPSA) is 80.6 Å². The van der Waals surface area contributed by atoms with Crippen LogP contribution in [0.1, 0.15) is 28.8 Å². The van der Waals surface area contributed by atoms with Crippen LogP contribution in [0.2, 0.25) is 0 Å². The first-order valence-corrected chi connectivity index (χ1v) is 12.2. The zero-order valence-corrected chi connectivity index (χ0v) is 20.6. The second-order valence-corrected chi connectivity index (χ2v) is 9.60. The number of aryl methyl sites for hydroxylation is 3. The first-order chi connectivity index (χ1) is 15.8. The largest absolute Gasteiger partial charge is 0.379 e. The average molecular weight is 470 g/mol. The van der Waals surface area contributed by atoms with E-state index in [1.807, 2.05) is 0 Å². The van der Waals surface area contributed by atoms with Crippen LogP contribution in [0.15, 0.2) is 23.3 Å². The van der Waals surface area contributed by atoms with Crippen LogP contribution in [0.25, 0.3) is 10.2 Å². The number of benzene rings is 1. The maximum Gasteiger partial charge on any atom is 0.256 e. The molecule has 0 atom stereocenters. The lowest BCUT2D eigenvalue weighted by Gasteiger charge is -2.27. The molecule has 4 rings (SSSR count). The summed E-state index contributed by atoms with van der Waals surface area (Å²) in [7, 11) is 0. The van der Waals surface area contributed by atoms with Gasteiger partial charge < -0.3 is 4.74 Å². The number of hydrogen-bond donors (Lipinski definition) is 0. The van der Waals surface area contributed by atoms with Gasteiger partial charge in [-0.15, -0.1) is 0 Å². The number of carbonyl (C=O) groups is 1. The van der Waals surface area contributed by atoms with Gasteiger partial charge in [0, 0.05) is 37.4 Å². The molecule has 0 spiro atoms. The highest BCUT2D eigenvalue weighted by molar-refractivity contribution is 7.22. The summed E-state index contributed by atoms with van der Waals surface area (Å²) in [6.07, 6.45) is 2.28. The Balaban J connectivity index is 1.59. The molecule has 1 aromatic carbocycles. The van der Waals surface area contributed by atoms with Crippen molar-refractivity contribution in [2.75, 3.05) is 44.3 Å². The fourth-order valence-electron chi connectivity index (χ4n) is 3.95. The molecule has 9 heteroatoms. The van der Waals surface area contributed by atoms with Crippen LogP contribution in [0.3, 0.4) is 0 Å². The standard InChI is InChI=1S/C24H31N5O3S/c1-16-6-7-20-22(17(16)2)26-24(33-20)29(9-5-8-27-10-12-32-13-11-27)21(30)14-28-15-25-19(4)18(3)23(28)31/h6-7,15H,5,8-14H2,1-4H3. The van der Waals surface area contributed by atoms with E-state index in [-0.39, 0.29) is 18.0 Å². The van der Waals surface area contributed by atoms with Crippen LogP contribution in [0.5, 0.6) is 0 Å². The molecular weight excluding hydrogens is 438 g/mol. The van der Waals surface area contributed by atoms with E-state index in [0.29, 0.717) is 22.9 Å². The van der Waals surface area contributed by atoms with Crippen LogP contribution < -0.4 is 10.5 Å². The number of fused-ring (bicyclic) bond motifs is 1. The molecular formula is C24H31N5O3S. The highest BCUT2D eigenvalue weighted by atomic mass is 32.1. The molecule has 1 saturated heterocycles. The summed E-state index contributed by atoms with van der Waals surface area (Å²) in [5.74, 6) is -0.155. The molecule has 3 aromatic rings. The first kappa shape index (κ1) is 23.5. The maximum absolute atomic E-state index is 13.4. The van der Waals surface area contributed by atoms with Gasteiger partial charge in [-0.3, -0.25) is 24.0 Å². The van der Waals surface area contributed by atoms with Crippen molar-refractivity contribution in [1.29, 1.82) is 0 Å². The highest BCUT2D eigenvalue weighted by Crippen LogP contribution is 2.32. The third-order valence-corrected chi connectivity index (χ3v) is 7.43. The summed E-state index contributed by atoms with van der Waals surface area (Å²) in [5.41, 5.74) is 4.31. The van der Waals surface area contributed by atoms with E-state index in [2.05, 4.69) is 35.9 Å². The lowest BCUT2D eigenvalue weighted by atomic mass is 10.1. The number of aromatic nitrogens is 3. The van der Waals surface area contributed by atoms with Crippen molar-refractivity contribution in [2.45, 2.75) is 40.7 Å². The van der Waals surface area contributed by atoms with E-state index in [0.717, 1.165) is 55.0 Å². The van der Waals surface area contributed by atoms with Gasteiger partial charge in [-0.25, -0.2) is 9.97 Å². The van der Waals surface area contributed by atoms with Crippen molar-refractivity contribution in [3.05, 3.63) is 51.2 Å². The predicted octanol–water partition coefficient (Wildman–Crippen LogP) is 2.84. The van der Waals surface area contributed by atoms with Gasteiger partial charge in [0.25, 0.3) is 5.56 Å². The second-order valence-electron chi connectivity index (χ2n) is 8.59. The molecule has 176 valence electrons. The van der Waals surface area contributed by atoms with E-state index < -0.39 is 0 Å². The fourth-order valence-corrected chi connectivity index (χ4v) is 5.02. The summed E-state index contributed by atoms with van der Waals surface area (Å²) < 4.78 is 7.88. The minimum Gasteiger partial charge on any atom is -0.379 e. The summed E-state index contributed by atoms with van der Waals surface area (Å²) >= 11 is 1.52. The van der Waals surface area contributed by atoms with Crippen molar-refractivity contribution in [1.82, 2.24) is 19.4 Å². The second kappa shape index (κ2) is 10.1. The van der Waals surface area contributed by atoms with E-state index in [9.17, 15) is 9.59 Å². The third kappa shape index (κ3) is 5.15. The van der Waals surface area contributed by atoms with Crippen molar-refractivity contribution in [2.24, 2.45) is 0 Å². The van der Waals surface area contributed by atoms with Crippen LogP contribution in [0, 0.1) is 27.7 Å². The lowest BCUT2D eigenvalue weighted by Crippen LogP contribution is -2.41. The molecule has 1 fully saturated rings. The Morgan fingerprint density at radius 1 is 1.15 bits per heavy atom. The van der Waals surface area contributed by atoms with Crippen molar-refractivity contribution >= 4 is 32.6 Å². The van der Waals surface area contributed by atoms with E-state index >= 15 is 0 Å². The quantitative estimate of drug-likeness (QED) is 0.529. The number of thiazole rings is 1. The Bertz CT molecular complexity index is 1210. The molecule has 0 saturated carbocycles. The van der Waals surface area contributed by atoms with Crippen LogP contribution in [-0.4, -0.2) is 64.7 Å². The molecule has 0 radical (unpaired) electrons. The van der Waals surface area contributed by atoms with Crippen LogP contribution in [0.4, 0.5) is 5.13 Å². The number of morpholine rings is 1. The van der Waals surface area contributed by atoms with Crippen molar-refractivity contribution < 1.29 is 9.53 Å². The minimum atomic E-state index is -0.181. The van der Waals surface area contributed by atoms with Gasteiger partial charge in [0.05, 0.1) is 29.8 Å². The predicted molar refractivity (Wildman–Crippen MR) is 131 cm³/mol. The zero-order valence-electron chi connectivity index (χ0n) is 19.8. The highest BCUT2D eigenvalue weighted by Gasteiger charge is 2.22. The number of amides is 1. The normalized spacial score (nSPS) is 14.7. The van der Waals surface area contributed by atoms with E-state index in [1.165, 1.54) is 27.8 Å². The Hall–Kier alpha value is -2.62. The smallest absolute Gasteiger partial charge is 0.256 e. The van der Waals surface area contributed by atoms with Gasteiger partial charge >= 0.3 is 0 Å². The number of carbonyl (C=O) groups excluding carboxylic acids is 1. The molecule has 8 nitrogen and oxygen atoms in total.